The number of rotatable bonds is 8. The number of ether oxygens (including phenoxy) is 2. The molecule has 0 fully saturated rings. The van der Waals surface area contributed by atoms with Crippen LogP contribution in [0.5, 0.6) is 11.5 Å². The van der Waals surface area contributed by atoms with Crippen LogP contribution in [0.3, 0.4) is 0 Å². The Morgan fingerprint density at radius 1 is 1.24 bits per heavy atom. The zero-order valence-electron chi connectivity index (χ0n) is 19.2. The van der Waals surface area contributed by atoms with Gasteiger partial charge in [0.25, 0.3) is 15.9 Å². The number of anilines is 1. The van der Waals surface area contributed by atoms with E-state index in [1.54, 1.807) is 49.2 Å². The predicted molar refractivity (Wildman–Crippen MR) is 125 cm³/mol. The van der Waals surface area contributed by atoms with Crippen molar-refractivity contribution in [3.63, 3.8) is 0 Å². The first kappa shape index (κ1) is 24.8. The van der Waals surface area contributed by atoms with Crippen LogP contribution in [0.25, 0.3) is 0 Å². The Morgan fingerprint density at radius 2 is 1.94 bits per heavy atom. The standard InChI is InChI=1S/C23H31N3O6S/c1-15-13-26(16(2)14-27)23(28)19-6-5-7-20(22(19)32-21(15)12-24-3)25-33(29,30)18-10-8-17(31-4)9-11-18/h5-11,15-16,21,24-25,27H,12-14H2,1-4H3/t15-,16-,21-/m1/s1. The fraction of sp³-hybridized carbons (Fsp3) is 0.435. The van der Waals surface area contributed by atoms with Crippen LogP contribution in [-0.2, 0) is 10.0 Å². The first-order valence-electron chi connectivity index (χ1n) is 10.7. The highest BCUT2D eigenvalue weighted by Crippen LogP contribution is 2.36. The molecule has 3 atom stereocenters. The number of benzene rings is 2. The number of amides is 1. The number of aliphatic hydroxyl groups excluding tert-OH is 1. The summed E-state index contributed by atoms with van der Waals surface area (Å²) in [6.45, 7) is 4.44. The van der Waals surface area contributed by atoms with Gasteiger partial charge in [0.1, 0.15) is 11.9 Å². The van der Waals surface area contributed by atoms with E-state index in [1.165, 1.54) is 19.2 Å². The zero-order valence-corrected chi connectivity index (χ0v) is 20.1. The molecule has 3 N–H and O–H groups in total. The second kappa shape index (κ2) is 10.4. The lowest BCUT2D eigenvalue weighted by Gasteiger charge is -2.37. The van der Waals surface area contributed by atoms with Gasteiger partial charge in [0, 0.05) is 19.0 Å². The second-order valence-corrected chi connectivity index (χ2v) is 9.83. The van der Waals surface area contributed by atoms with Crippen molar-refractivity contribution in [2.45, 2.75) is 30.9 Å². The molecule has 1 aliphatic heterocycles. The van der Waals surface area contributed by atoms with Crippen molar-refractivity contribution in [3.05, 3.63) is 48.0 Å². The highest BCUT2D eigenvalue weighted by atomic mass is 32.2. The summed E-state index contributed by atoms with van der Waals surface area (Å²) in [4.78, 5) is 15.0. The lowest BCUT2D eigenvalue weighted by molar-refractivity contribution is 0.0417. The number of aliphatic hydroxyl groups is 1. The molecular formula is C23H31N3O6S. The molecule has 0 aliphatic carbocycles. The summed E-state index contributed by atoms with van der Waals surface area (Å²) in [5.74, 6) is 0.304. The van der Waals surface area contributed by atoms with Crippen molar-refractivity contribution in [3.8, 4) is 11.5 Å². The smallest absolute Gasteiger partial charge is 0.262 e. The Hall–Kier alpha value is -2.82. The fourth-order valence-corrected chi connectivity index (χ4v) is 4.79. The topological polar surface area (TPSA) is 117 Å². The van der Waals surface area contributed by atoms with Crippen molar-refractivity contribution >= 4 is 21.6 Å². The summed E-state index contributed by atoms with van der Waals surface area (Å²) >= 11 is 0. The van der Waals surface area contributed by atoms with Crippen molar-refractivity contribution < 1.29 is 27.8 Å². The molecule has 0 bridgehead atoms. The number of likely N-dealkylation sites (N-methyl/N-ethyl adjacent to an activating group) is 1. The number of sulfonamides is 1. The van der Waals surface area contributed by atoms with E-state index in [1.807, 2.05) is 6.92 Å². The monoisotopic (exact) mass is 477 g/mol. The molecule has 3 rings (SSSR count). The van der Waals surface area contributed by atoms with Gasteiger partial charge in [-0.05, 0) is 50.4 Å². The van der Waals surface area contributed by atoms with Crippen LogP contribution in [0.15, 0.2) is 47.4 Å². The average Bonchev–Trinajstić information content (AvgIpc) is 2.81. The average molecular weight is 478 g/mol. The summed E-state index contributed by atoms with van der Waals surface area (Å²) in [6.07, 6.45) is -0.332. The largest absolute Gasteiger partial charge is 0.497 e. The Bertz CT molecular complexity index is 1070. The molecular weight excluding hydrogens is 446 g/mol. The van der Waals surface area contributed by atoms with Gasteiger partial charge in [-0.2, -0.15) is 0 Å². The maximum absolute atomic E-state index is 13.4. The molecule has 0 radical (unpaired) electrons. The Kier molecular flexibility index (Phi) is 7.83. The minimum Gasteiger partial charge on any atom is -0.497 e. The number of carbonyl (C=O) groups excluding carboxylic acids is 1. The maximum Gasteiger partial charge on any atom is 0.262 e. The van der Waals surface area contributed by atoms with Gasteiger partial charge in [-0.3, -0.25) is 9.52 Å². The molecule has 2 aromatic carbocycles. The molecule has 1 heterocycles. The van der Waals surface area contributed by atoms with E-state index in [0.29, 0.717) is 18.8 Å². The molecule has 1 aliphatic rings. The van der Waals surface area contributed by atoms with Gasteiger partial charge in [-0.1, -0.05) is 13.0 Å². The lowest BCUT2D eigenvalue weighted by Crippen LogP contribution is -2.49. The van der Waals surface area contributed by atoms with Gasteiger partial charge in [-0.25, -0.2) is 8.42 Å². The molecule has 0 aromatic heterocycles. The van der Waals surface area contributed by atoms with Gasteiger partial charge >= 0.3 is 0 Å². The molecule has 0 unspecified atom stereocenters. The van der Waals surface area contributed by atoms with Crippen molar-refractivity contribution in [2.75, 3.05) is 38.6 Å². The number of methoxy groups -OCH3 is 1. The van der Waals surface area contributed by atoms with Crippen LogP contribution in [0, 0.1) is 5.92 Å². The summed E-state index contributed by atoms with van der Waals surface area (Å²) < 4.78 is 40.0. The van der Waals surface area contributed by atoms with E-state index in [9.17, 15) is 18.3 Å². The lowest BCUT2D eigenvalue weighted by atomic mass is 9.99. The van der Waals surface area contributed by atoms with Crippen LogP contribution in [0.1, 0.15) is 24.2 Å². The van der Waals surface area contributed by atoms with Gasteiger partial charge in [-0.15, -0.1) is 0 Å². The quantitative estimate of drug-likeness (QED) is 0.532. The minimum atomic E-state index is -3.95. The van der Waals surface area contributed by atoms with Crippen LogP contribution in [-0.4, -0.2) is 70.3 Å². The number of hydrogen-bond donors (Lipinski definition) is 3. The summed E-state index contributed by atoms with van der Waals surface area (Å²) in [7, 11) is -0.654. The number of carbonyl (C=O) groups is 1. The summed E-state index contributed by atoms with van der Waals surface area (Å²) in [6, 6.07) is 10.4. The van der Waals surface area contributed by atoms with Crippen LogP contribution < -0.4 is 19.5 Å². The highest BCUT2D eigenvalue weighted by molar-refractivity contribution is 7.92. The Labute approximate surface area is 194 Å². The van der Waals surface area contributed by atoms with Gasteiger partial charge in [0.15, 0.2) is 5.75 Å². The van der Waals surface area contributed by atoms with Crippen molar-refractivity contribution in [2.24, 2.45) is 5.92 Å². The van der Waals surface area contributed by atoms with E-state index in [2.05, 4.69) is 10.0 Å². The molecule has 0 spiro atoms. The predicted octanol–water partition coefficient (Wildman–Crippen LogP) is 1.94. The molecule has 1 amide bonds. The van der Waals surface area contributed by atoms with E-state index in [-0.39, 0.29) is 46.4 Å². The van der Waals surface area contributed by atoms with E-state index < -0.39 is 16.1 Å². The molecule has 180 valence electrons. The zero-order chi connectivity index (χ0) is 24.2. The second-order valence-electron chi connectivity index (χ2n) is 8.14. The fourth-order valence-electron chi connectivity index (χ4n) is 3.73. The van der Waals surface area contributed by atoms with Gasteiger partial charge in [0.2, 0.25) is 0 Å². The summed E-state index contributed by atoms with van der Waals surface area (Å²) in [5.41, 5.74) is 0.404. The Balaban J connectivity index is 2.06. The SMILES string of the molecule is CNC[C@H]1Oc2c(NS(=O)(=O)c3ccc(OC)cc3)cccc2C(=O)N([C@H](C)CO)C[C@H]1C. The van der Waals surface area contributed by atoms with Gasteiger partial charge < -0.3 is 24.8 Å². The van der Waals surface area contributed by atoms with Crippen LogP contribution in [0.4, 0.5) is 5.69 Å². The number of nitrogens with zero attached hydrogens (tertiary/aromatic N) is 1. The van der Waals surface area contributed by atoms with Crippen molar-refractivity contribution in [1.82, 2.24) is 10.2 Å². The van der Waals surface area contributed by atoms with E-state index >= 15 is 0 Å². The first-order valence-corrected chi connectivity index (χ1v) is 12.2. The molecule has 33 heavy (non-hydrogen) atoms. The minimum absolute atomic E-state index is 0.0498. The molecule has 9 nitrogen and oxygen atoms in total. The summed E-state index contributed by atoms with van der Waals surface area (Å²) in [5, 5.41) is 12.8. The number of fused-ring (bicyclic) bond motifs is 1. The normalized spacial score (nSPS) is 19.7. The number of nitrogens with one attached hydrogen (secondary N) is 2. The van der Waals surface area contributed by atoms with Crippen molar-refractivity contribution in [1.29, 1.82) is 0 Å². The van der Waals surface area contributed by atoms with Crippen LogP contribution in [0.2, 0.25) is 0 Å². The van der Waals surface area contributed by atoms with Crippen LogP contribution >= 0.6 is 0 Å². The first-order chi connectivity index (χ1) is 15.7. The molecule has 10 heteroatoms. The maximum atomic E-state index is 13.4. The van der Waals surface area contributed by atoms with E-state index in [0.717, 1.165) is 0 Å². The molecule has 0 saturated heterocycles. The number of hydrogen-bond acceptors (Lipinski definition) is 7. The molecule has 0 saturated carbocycles. The molecule has 2 aromatic rings. The third kappa shape index (κ3) is 5.40. The number of para-hydroxylation sites is 1. The Morgan fingerprint density at radius 3 is 2.55 bits per heavy atom. The third-order valence-electron chi connectivity index (χ3n) is 5.71. The third-order valence-corrected chi connectivity index (χ3v) is 7.09. The van der Waals surface area contributed by atoms with Gasteiger partial charge in [0.05, 0.1) is 35.9 Å². The van der Waals surface area contributed by atoms with E-state index in [4.69, 9.17) is 9.47 Å². The highest BCUT2D eigenvalue weighted by Gasteiger charge is 2.34.